The van der Waals surface area contributed by atoms with Gasteiger partial charge in [0.2, 0.25) is 0 Å². The Labute approximate surface area is 224 Å². The lowest BCUT2D eigenvalue weighted by Gasteiger charge is -2.26. The number of hydrogen-bond donors (Lipinski definition) is 1. The standard InChI is InChI=1S/C28H29BrN4O4/c1-4-5-25(34)33(23-14-16(2)21(29)15-20(23)17-6-7-17)24-13-12-22-26(30-24)27(31-32(22)3)37-19-10-8-18(9-11-19)28(35)36/h12-15,17-19H,6-11H2,1-3H3,(H,35,36)/t18-,19+. The Kier molecular flexibility index (Phi) is 6.95. The Hall–Kier alpha value is -3.38. The van der Waals surface area contributed by atoms with E-state index in [0.29, 0.717) is 48.8 Å². The van der Waals surface area contributed by atoms with Crippen molar-refractivity contribution in [3.63, 3.8) is 0 Å². The van der Waals surface area contributed by atoms with Gasteiger partial charge in [-0.05, 0) is 99.6 Å². The van der Waals surface area contributed by atoms with Crippen molar-refractivity contribution in [1.82, 2.24) is 14.8 Å². The number of carboxylic acid groups (broad SMARTS) is 1. The highest BCUT2D eigenvalue weighted by molar-refractivity contribution is 9.10. The predicted octanol–water partition coefficient (Wildman–Crippen LogP) is 5.63. The molecule has 0 radical (unpaired) electrons. The number of fused-ring (bicyclic) bond motifs is 1. The van der Waals surface area contributed by atoms with Crippen molar-refractivity contribution in [3.8, 4) is 17.7 Å². The molecular weight excluding hydrogens is 536 g/mol. The third kappa shape index (κ3) is 5.08. The van der Waals surface area contributed by atoms with E-state index < -0.39 is 5.97 Å². The highest BCUT2D eigenvalue weighted by Gasteiger charge is 2.32. The van der Waals surface area contributed by atoms with Gasteiger partial charge in [0.15, 0.2) is 5.52 Å². The normalized spacial score (nSPS) is 19.2. The third-order valence-electron chi connectivity index (χ3n) is 7.18. The number of pyridine rings is 1. The number of nitrogens with zero attached hydrogens (tertiary/aromatic N) is 4. The van der Waals surface area contributed by atoms with E-state index in [1.807, 2.05) is 32.2 Å². The average Bonchev–Trinajstić information content (AvgIpc) is 3.67. The summed E-state index contributed by atoms with van der Waals surface area (Å²) in [7, 11) is 1.83. The van der Waals surface area contributed by atoms with Crippen molar-refractivity contribution in [3.05, 3.63) is 39.9 Å². The highest BCUT2D eigenvalue weighted by Crippen LogP contribution is 2.47. The van der Waals surface area contributed by atoms with Crippen LogP contribution in [0.2, 0.25) is 0 Å². The molecule has 2 fully saturated rings. The van der Waals surface area contributed by atoms with Gasteiger partial charge in [-0.2, -0.15) is 0 Å². The first kappa shape index (κ1) is 25.3. The number of rotatable bonds is 6. The molecule has 2 aliphatic carbocycles. The van der Waals surface area contributed by atoms with Crippen LogP contribution in [-0.4, -0.2) is 37.9 Å². The van der Waals surface area contributed by atoms with Gasteiger partial charge in [0.05, 0.1) is 17.1 Å². The summed E-state index contributed by atoms with van der Waals surface area (Å²) in [5, 5.41) is 13.8. The van der Waals surface area contributed by atoms with E-state index in [9.17, 15) is 14.7 Å². The molecule has 8 nitrogen and oxygen atoms in total. The molecule has 1 aromatic carbocycles. The molecule has 9 heteroatoms. The number of carbonyl (C=O) groups excluding carboxylic acids is 1. The second-order valence-corrected chi connectivity index (χ2v) is 10.7. The first-order valence-corrected chi connectivity index (χ1v) is 13.4. The van der Waals surface area contributed by atoms with Crippen LogP contribution in [0.4, 0.5) is 11.5 Å². The molecule has 5 rings (SSSR count). The summed E-state index contributed by atoms with van der Waals surface area (Å²) in [6.07, 6.45) is 4.49. The van der Waals surface area contributed by atoms with Crippen molar-refractivity contribution in [2.24, 2.45) is 13.0 Å². The minimum atomic E-state index is -0.748. The van der Waals surface area contributed by atoms with Gasteiger partial charge in [-0.1, -0.05) is 21.9 Å². The molecule has 192 valence electrons. The second kappa shape index (κ2) is 10.2. The molecule has 1 N–H and O–H groups in total. The number of aryl methyl sites for hydroxylation is 2. The maximum Gasteiger partial charge on any atom is 0.308 e. The number of carbonyl (C=O) groups is 2. The Morgan fingerprint density at radius 3 is 2.54 bits per heavy atom. The van der Waals surface area contributed by atoms with E-state index in [1.54, 1.807) is 16.5 Å². The monoisotopic (exact) mass is 564 g/mol. The Morgan fingerprint density at radius 2 is 1.89 bits per heavy atom. The van der Waals surface area contributed by atoms with Crippen molar-refractivity contribution in [2.75, 3.05) is 4.90 Å². The fraction of sp³-hybridized carbons (Fsp3) is 0.429. The first-order chi connectivity index (χ1) is 17.8. The van der Waals surface area contributed by atoms with Crippen LogP contribution >= 0.6 is 15.9 Å². The fourth-order valence-electron chi connectivity index (χ4n) is 4.98. The summed E-state index contributed by atoms with van der Waals surface area (Å²) in [4.78, 5) is 31.2. The quantitative estimate of drug-likeness (QED) is 0.390. The van der Waals surface area contributed by atoms with E-state index in [2.05, 4.69) is 38.9 Å². The van der Waals surface area contributed by atoms with Gasteiger partial charge >= 0.3 is 11.9 Å². The summed E-state index contributed by atoms with van der Waals surface area (Å²) >= 11 is 3.65. The van der Waals surface area contributed by atoms with E-state index >= 15 is 0 Å². The van der Waals surface area contributed by atoms with Crippen LogP contribution < -0.4 is 9.64 Å². The van der Waals surface area contributed by atoms with E-state index in [4.69, 9.17) is 9.72 Å². The zero-order chi connectivity index (χ0) is 26.3. The number of hydrogen-bond acceptors (Lipinski definition) is 5. The summed E-state index contributed by atoms with van der Waals surface area (Å²) in [6, 6.07) is 7.82. The molecule has 0 unspecified atom stereocenters. The molecule has 3 aromatic rings. The van der Waals surface area contributed by atoms with Crippen molar-refractivity contribution >= 4 is 50.3 Å². The highest BCUT2D eigenvalue weighted by atomic mass is 79.9. The van der Waals surface area contributed by atoms with Gasteiger partial charge in [0, 0.05) is 11.5 Å². The predicted molar refractivity (Wildman–Crippen MR) is 144 cm³/mol. The van der Waals surface area contributed by atoms with Crippen LogP contribution in [0, 0.1) is 24.7 Å². The van der Waals surface area contributed by atoms with Gasteiger partial charge in [-0.15, -0.1) is 5.10 Å². The van der Waals surface area contributed by atoms with Gasteiger partial charge < -0.3 is 9.84 Å². The summed E-state index contributed by atoms with van der Waals surface area (Å²) in [5.74, 6) is 5.26. The van der Waals surface area contributed by atoms with Crippen LogP contribution in [0.5, 0.6) is 5.88 Å². The van der Waals surface area contributed by atoms with Crippen LogP contribution in [0.3, 0.4) is 0 Å². The third-order valence-corrected chi connectivity index (χ3v) is 8.04. The molecule has 0 aliphatic heterocycles. The van der Waals surface area contributed by atoms with Crippen molar-refractivity contribution in [2.45, 2.75) is 64.4 Å². The van der Waals surface area contributed by atoms with E-state index in [1.165, 1.54) is 0 Å². The minimum Gasteiger partial charge on any atom is -0.481 e. The van der Waals surface area contributed by atoms with Gasteiger partial charge in [0.25, 0.3) is 5.88 Å². The maximum absolute atomic E-state index is 13.4. The fourth-order valence-corrected chi connectivity index (χ4v) is 5.34. The molecular formula is C28H29BrN4O4. The number of aliphatic carboxylic acids is 1. The van der Waals surface area contributed by atoms with Crippen LogP contribution in [0.15, 0.2) is 28.7 Å². The van der Waals surface area contributed by atoms with E-state index in [0.717, 1.165) is 39.6 Å². The summed E-state index contributed by atoms with van der Waals surface area (Å²) in [6.45, 7) is 3.65. The van der Waals surface area contributed by atoms with Gasteiger partial charge in [-0.25, -0.2) is 4.98 Å². The zero-order valence-corrected chi connectivity index (χ0v) is 22.7. The van der Waals surface area contributed by atoms with E-state index in [-0.39, 0.29) is 17.9 Å². The topological polar surface area (TPSA) is 97.6 Å². The molecule has 37 heavy (non-hydrogen) atoms. The maximum atomic E-state index is 13.4. The number of anilines is 2. The molecule has 1 amide bonds. The average molecular weight is 565 g/mol. The number of carboxylic acids is 1. The van der Waals surface area contributed by atoms with Crippen molar-refractivity contribution < 1.29 is 19.4 Å². The Morgan fingerprint density at radius 1 is 1.16 bits per heavy atom. The van der Waals surface area contributed by atoms with Crippen molar-refractivity contribution in [1.29, 1.82) is 0 Å². The lowest BCUT2D eigenvalue weighted by atomic mass is 9.87. The second-order valence-electron chi connectivity index (χ2n) is 9.85. The van der Waals surface area contributed by atoms with Crippen LogP contribution in [0.25, 0.3) is 11.0 Å². The number of halogens is 1. The number of amides is 1. The smallest absolute Gasteiger partial charge is 0.308 e. The SMILES string of the molecule is CC#CC(=O)N(c1ccc2c(n1)c(O[C@H]1CC[C@@H](C(=O)O)CC1)nn2C)c1cc(C)c(Br)cc1C1CC1. The van der Waals surface area contributed by atoms with Gasteiger partial charge in [-0.3, -0.25) is 19.2 Å². The lowest BCUT2D eigenvalue weighted by Crippen LogP contribution is -2.28. The number of ether oxygens (including phenoxy) is 1. The molecule has 2 saturated carbocycles. The number of benzene rings is 1. The summed E-state index contributed by atoms with van der Waals surface area (Å²) < 4.78 is 8.97. The molecule has 2 aromatic heterocycles. The molecule has 0 atom stereocenters. The Bertz CT molecular complexity index is 1440. The first-order valence-electron chi connectivity index (χ1n) is 12.6. The molecule has 0 spiro atoms. The molecule has 2 heterocycles. The van der Waals surface area contributed by atoms with Crippen LogP contribution in [0.1, 0.15) is 62.5 Å². The molecule has 0 saturated heterocycles. The summed E-state index contributed by atoms with van der Waals surface area (Å²) in [5.41, 5.74) is 4.25. The molecule has 0 bridgehead atoms. The Balaban J connectivity index is 1.55. The van der Waals surface area contributed by atoms with Crippen LogP contribution in [-0.2, 0) is 16.6 Å². The zero-order valence-electron chi connectivity index (χ0n) is 21.1. The molecule has 2 aliphatic rings. The lowest BCUT2D eigenvalue weighted by molar-refractivity contribution is -0.143. The minimum absolute atomic E-state index is 0.126. The van der Waals surface area contributed by atoms with Gasteiger partial charge in [0.1, 0.15) is 11.9 Å². The number of aromatic nitrogens is 3. The largest absolute Gasteiger partial charge is 0.481 e.